The van der Waals surface area contributed by atoms with E-state index in [1.54, 1.807) is 6.20 Å². The van der Waals surface area contributed by atoms with E-state index in [0.29, 0.717) is 26.3 Å². The van der Waals surface area contributed by atoms with Crippen LogP contribution in [-0.4, -0.2) is 54.7 Å². The minimum absolute atomic E-state index is 0.0683. The summed E-state index contributed by atoms with van der Waals surface area (Å²) in [7, 11) is 0. The zero-order valence-corrected chi connectivity index (χ0v) is 15.5. The molecule has 3 rings (SSSR count). The van der Waals surface area contributed by atoms with Crippen molar-refractivity contribution >= 4 is 11.8 Å². The van der Waals surface area contributed by atoms with E-state index in [1.807, 2.05) is 25.7 Å². The summed E-state index contributed by atoms with van der Waals surface area (Å²) in [6.07, 6.45) is 8.55. The molecule has 2 aliphatic heterocycles. The Kier molecular flexibility index (Phi) is 4.91. The van der Waals surface area contributed by atoms with Crippen LogP contribution in [0.2, 0.25) is 0 Å². The molecule has 0 aromatic carbocycles. The van der Waals surface area contributed by atoms with Crippen LogP contribution >= 0.6 is 0 Å². The third kappa shape index (κ3) is 4.24. The quantitative estimate of drug-likeness (QED) is 0.791. The van der Waals surface area contributed by atoms with E-state index in [4.69, 9.17) is 20.2 Å². The summed E-state index contributed by atoms with van der Waals surface area (Å²) >= 11 is 0. The van der Waals surface area contributed by atoms with Crippen LogP contribution in [0.15, 0.2) is 28.9 Å². The highest BCUT2D eigenvalue weighted by Crippen LogP contribution is 2.42. The second-order valence-electron chi connectivity index (χ2n) is 8.24. The third-order valence-corrected chi connectivity index (χ3v) is 5.02. The van der Waals surface area contributed by atoms with Crippen LogP contribution < -0.4 is 5.73 Å². The largest absolute Gasteiger partial charge is 0.444 e. The molecular weight excluding hydrogens is 318 g/mol. The lowest BCUT2D eigenvalue weighted by Crippen LogP contribution is -2.45. The maximum Gasteiger partial charge on any atom is 0.410 e. The first-order chi connectivity index (χ1) is 11.8. The number of rotatable bonds is 1. The number of amides is 1. The maximum absolute atomic E-state index is 12.2. The molecule has 2 N–H and O–H groups in total. The number of carbonyl (C=O) groups is 1. The number of likely N-dealkylation sites (tertiary alicyclic amines) is 1. The van der Waals surface area contributed by atoms with Crippen molar-refractivity contribution in [3.63, 3.8) is 0 Å². The zero-order chi connectivity index (χ0) is 18.1. The Labute approximate surface area is 149 Å². The Bertz CT molecular complexity index is 604. The molecule has 1 aliphatic carbocycles. The highest BCUT2D eigenvalue weighted by Gasteiger charge is 2.38. The Balaban J connectivity index is 1.64. The van der Waals surface area contributed by atoms with Gasteiger partial charge in [0.05, 0.1) is 25.0 Å². The second-order valence-corrected chi connectivity index (χ2v) is 8.24. The van der Waals surface area contributed by atoms with Crippen molar-refractivity contribution in [2.24, 2.45) is 16.1 Å². The van der Waals surface area contributed by atoms with Gasteiger partial charge in [-0.15, -0.1) is 0 Å². The van der Waals surface area contributed by atoms with Gasteiger partial charge in [-0.05, 0) is 63.3 Å². The summed E-state index contributed by atoms with van der Waals surface area (Å²) in [4.78, 5) is 18.8. The topological polar surface area (TPSA) is 77.1 Å². The molecule has 1 amide bonds. The smallest absolute Gasteiger partial charge is 0.410 e. The van der Waals surface area contributed by atoms with E-state index < -0.39 is 5.60 Å². The van der Waals surface area contributed by atoms with Crippen LogP contribution in [0.25, 0.3) is 0 Å². The molecule has 3 aliphatic rings. The number of hydrogen-bond donors (Lipinski definition) is 1. The number of ether oxygens (including phenoxy) is 2. The van der Waals surface area contributed by atoms with Gasteiger partial charge in [-0.2, -0.15) is 0 Å². The summed E-state index contributed by atoms with van der Waals surface area (Å²) in [5.74, 6) is 0. The SMILES string of the molecule is CC(C)(C)OC(=O)N1CCC2(C=CC(=NC3COC3)C(=CN)C2)CC1. The van der Waals surface area contributed by atoms with E-state index in [2.05, 4.69) is 12.2 Å². The lowest BCUT2D eigenvalue weighted by molar-refractivity contribution is 0.0131. The van der Waals surface area contributed by atoms with Crippen molar-refractivity contribution in [3.8, 4) is 0 Å². The van der Waals surface area contributed by atoms with Crippen LogP contribution in [0.4, 0.5) is 4.79 Å². The summed E-state index contributed by atoms with van der Waals surface area (Å²) in [5.41, 5.74) is 7.56. The molecule has 0 atom stereocenters. The molecule has 0 saturated carbocycles. The fourth-order valence-corrected chi connectivity index (χ4v) is 3.46. The molecule has 2 fully saturated rings. The lowest BCUT2D eigenvalue weighted by atomic mass is 9.70. The van der Waals surface area contributed by atoms with E-state index in [1.165, 1.54) is 0 Å². The lowest BCUT2D eigenvalue weighted by Gasteiger charge is -2.42. The molecule has 6 heteroatoms. The Morgan fingerprint density at radius 3 is 2.60 bits per heavy atom. The van der Waals surface area contributed by atoms with Gasteiger partial charge in [0.1, 0.15) is 5.60 Å². The maximum atomic E-state index is 12.2. The number of aliphatic imine (C=N–C) groups is 1. The van der Waals surface area contributed by atoms with E-state index in [0.717, 1.165) is 30.5 Å². The first-order valence-electron chi connectivity index (χ1n) is 9.04. The number of piperidine rings is 1. The highest BCUT2D eigenvalue weighted by atomic mass is 16.6. The van der Waals surface area contributed by atoms with Gasteiger partial charge in [0.2, 0.25) is 0 Å². The molecular formula is C19H29N3O3. The number of nitrogens with two attached hydrogens (primary N) is 1. The monoisotopic (exact) mass is 347 g/mol. The van der Waals surface area contributed by atoms with Crippen LogP contribution in [-0.2, 0) is 9.47 Å². The first-order valence-corrected chi connectivity index (χ1v) is 9.04. The van der Waals surface area contributed by atoms with Crippen LogP contribution in [0.3, 0.4) is 0 Å². The standard InChI is InChI=1S/C19H29N3O3/c1-18(2,3)25-17(23)22-8-6-19(7-9-22)5-4-16(14(10-19)11-20)21-15-12-24-13-15/h4-5,11,15H,6-10,12-13,20H2,1-3H3. The molecule has 0 radical (unpaired) electrons. The predicted molar refractivity (Wildman–Crippen MR) is 97.5 cm³/mol. The Morgan fingerprint density at radius 1 is 1.40 bits per heavy atom. The highest BCUT2D eigenvalue weighted by molar-refractivity contribution is 6.09. The molecule has 2 heterocycles. The number of allylic oxidation sites excluding steroid dienone is 3. The van der Waals surface area contributed by atoms with Gasteiger partial charge >= 0.3 is 6.09 Å². The number of nitrogens with zero attached hydrogens (tertiary/aromatic N) is 2. The Hall–Kier alpha value is -1.82. The van der Waals surface area contributed by atoms with E-state index >= 15 is 0 Å². The number of carbonyl (C=O) groups excluding carboxylic acids is 1. The molecule has 6 nitrogen and oxygen atoms in total. The first kappa shape index (κ1) is 18.0. The summed E-state index contributed by atoms with van der Waals surface area (Å²) in [6.45, 7) is 8.50. The van der Waals surface area contributed by atoms with Crippen LogP contribution in [0.1, 0.15) is 40.0 Å². The molecule has 0 aromatic heterocycles. The third-order valence-electron chi connectivity index (χ3n) is 5.02. The average molecular weight is 347 g/mol. The molecule has 0 aromatic rings. The molecule has 0 unspecified atom stereocenters. The summed E-state index contributed by atoms with van der Waals surface area (Å²) < 4.78 is 10.7. The minimum Gasteiger partial charge on any atom is -0.444 e. The normalized spacial score (nSPS) is 26.9. The van der Waals surface area contributed by atoms with E-state index in [9.17, 15) is 4.79 Å². The van der Waals surface area contributed by atoms with Crippen LogP contribution in [0, 0.1) is 5.41 Å². The van der Waals surface area contributed by atoms with Crippen molar-refractivity contribution in [1.82, 2.24) is 4.90 Å². The average Bonchev–Trinajstić information content (AvgIpc) is 2.51. The molecule has 1 spiro atoms. The number of hydrogen-bond acceptors (Lipinski definition) is 5. The van der Waals surface area contributed by atoms with Gasteiger partial charge in [-0.1, -0.05) is 6.08 Å². The van der Waals surface area contributed by atoms with Gasteiger partial charge in [-0.3, -0.25) is 4.99 Å². The second kappa shape index (κ2) is 6.83. The van der Waals surface area contributed by atoms with Crippen molar-refractivity contribution in [1.29, 1.82) is 0 Å². The van der Waals surface area contributed by atoms with E-state index in [-0.39, 0.29) is 17.6 Å². The van der Waals surface area contributed by atoms with Gasteiger partial charge < -0.3 is 20.1 Å². The van der Waals surface area contributed by atoms with Crippen molar-refractivity contribution in [2.75, 3.05) is 26.3 Å². The minimum atomic E-state index is -0.455. The van der Waals surface area contributed by atoms with Gasteiger partial charge in [0, 0.05) is 13.1 Å². The zero-order valence-electron chi connectivity index (χ0n) is 15.5. The van der Waals surface area contributed by atoms with Crippen molar-refractivity contribution in [2.45, 2.75) is 51.7 Å². The fraction of sp³-hybridized carbons (Fsp3) is 0.684. The molecule has 0 bridgehead atoms. The summed E-state index contributed by atoms with van der Waals surface area (Å²) in [5, 5.41) is 0. The predicted octanol–water partition coefficient (Wildman–Crippen LogP) is 2.65. The Morgan fingerprint density at radius 2 is 2.08 bits per heavy atom. The van der Waals surface area contributed by atoms with Crippen molar-refractivity contribution in [3.05, 3.63) is 23.9 Å². The van der Waals surface area contributed by atoms with Crippen molar-refractivity contribution < 1.29 is 14.3 Å². The van der Waals surface area contributed by atoms with Gasteiger partial charge in [0.15, 0.2) is 0 Å². The molecule has 138 valence electrons. The fourth-order valence-electron chi connectivity index (χ4n) is 3.46. The molecule has 2 saturated heterocycles. The van der Waals surface area contributed by atoms with Crippen LogP contribution in [0.5, 0.6) is 0 Å². The summed E-state index contributed by atoms with van der Waals surface area (Å²) in [6, 6.07) is 0.262. The van der Waals surface area contributed by atoms with Gasteiger partial charge in [-0.25, -0.2) is 4.79 Å². The van der Waals surface area contributed by atoms with Gasteiger partial charge in [0.25, 0.3) is 0 Å². The molecule has 25 heavy (non-hydrogen) atoms.